The summed E-state index contributed by atoms with van der Waals surface area (Å²) in [5.74, 6) is 0. The summed E-state index contributed by atoms with van der Waals surface area (Å²) < 4.78 is 11.0. The van der Waals surface area contributed by atoms with Gasteiger partial charge in [0.2, 0.25) is 0 Å². The van der Waals surface area contributed by atoms with E-state index in [4.69, 9.17) is 9.47 Å². The van der Waals surface area contributed by atoms with Gasteiger partial charge in [-0.2, -0.15) is 0 Å². The molecule has 0 spiro atoms. The van der Waals surface area contributed by atoms with Gasteiger partial charge in [0.25, 0.3) is 0 Å². The van der Waals surface area contributed by atoms with Crippen LogP contribution in [0.25, 0.3) is 0 Å². The summed E-state index contributed by atoms with van der Waals surface area (Å²) in [4.78, 5) is 0. The van der Waals surface area contributed by atoms with E-state index in [0.29, 0.717) is 18.2 Å². The van der Waals surface area contributed by atoms with Crippen LogP contribution in [0.5, 0.6) is 0 Å². The molecule has 1 N–H and O–H groups in total. The number of hydrogen-bond acceptors (Lipinski definition) is 3. The fraction of sp³-hybridized carbons (Fsp3) is 1.00. The molecule has 0 aromatic rings. The third-order valence-corrected chi connectivity index (χ3v) is 2.96. The molecule has 1 heterocycles. The molecule has 3 heteroatoms. The van der Waals surface area contributed by atoms with Crippen LogP contribution in [0.4, 0.5) is 0 Å². The molecule has 3 atom stereocenters. The summed E-state index contributed by atoms with van der Waals surface area (Å²) in [6.45, 7) is 6.13. The minimum atomic E-state index is 0.413. The van der Waals surface area contributed by atoms with Crippen LogP contribution >= 0.6 is 0 Å². The lowest BCUT2D eigenvalue weighted by Gasteiger charge is -2.19. The Hall–Kier alpha value is -0.120. The molecule has 0 aromatic carbocycles. The highest BCUT2D eigenvalue weighted by Crippen LogP contribution is 2.18. The van der Waals surface area contributed by atoms with Crippen molar-refractivity contribution in [3.8, 4) is 0 Å². The second kappa shape index (κ2) is 7.20. The number of nitrogens with one attached hydrogen (secondary N) is 1. The van der Waals surface area contributed by atoms with E-state index in [1.54, 1.807) is 7.11 Å². The summed E-state index contributed by atoms with van der Waals surface area (Å²) in [5, 5.41) is 3.53. The molecule has 1 aliphatic rings. The van der Waals surface area contributed by atoms with Crippen molar-refractivity contribution in [3.63, 3.8) is 0 Å². The SMILES string of the molecule is CCCC(COC)NCC1CCC(C)O1. The normalized spacial score (nSPS) is 28.2. The van der Waals surface area contributed by atoms with Crippen molar-refractivity contribution >= 4 is 0 Å². The van der Waals surface area contributed by atoms with E-state index in [1.165, 1.54) is 25.7 Å². The first kappa shape index (κ1) is 12.9. The number of methoxy groups -OCH3 is 1. The predicted molar refractivity (Wildman–Crippen MR) is 62.1 cm³/mol. The second-order valence-corrected chi connectivity index (χ2v) is 4.50. The molecule has 0 amide bonds. The topological polar surface area (TPSA) is 30.5 Å². The van der Waals surface area contributed by atoms with Gasteiger partial charge in [-0.1, -0.05) is 13.3 Å². The van der Waals surface area contributed by atoms with Crippen molar-refractivity contribution in [1.29, 1.82) is 0 Å². The van der Waals surface area contributed by atoms with Gasteiger partial charge >= 0.3 is 0 Å². The summed E-state index contributed by atoms with van der Waals surface area (Å²) in [6, 6.07) is 0.486. The Morgan fingerprint density at radius 2 is 2.27 bits per heavy atom. The van der Waals surface area contributed by atoms with Crippen LogP contribution in [0.15, 0.2) is 0 Å². The van der Waals surface area contributed by atoms with Crippen LogP contribution < -0.4 is 5.32 Å². The van der Waals surface area contributed by atoms with E-state index < -0.39 is 0 Å². The van der Waals surface area contributed by atoms with E-state index in [1.807, 2.05) is 0 Å². The molecule has 0 aliphatic carbocycles. The third kappa shape index (κ3) is 4.96. The average molecular weight is 215 g/mol. The highest BCUT2D eigenvalue weighted by atomic mass is 16.5. The molecular formula is C12H25NO2. The van der Waals surface area contributed by atoms with Crippen LogP contribution in [0.2, 0.25) is 0 Å². The number of hydrogen-bond donors (Lipinski definition) is 1. The molecule has 1 fully saturated rings. The lowest BCUT2D eigenvalue weighted by Crippen LogP contribution is -2.38. The molecule has 0 radical (unpaired) electrons. The maximum atomic E-state index is 5.76. The van der Waals surface area contributed by atoms with Gasteiger partial charge in [-0.15, -0.1) is 0 Å². The van der Waals surface area contributed by atoms with Gasteiger partial charge in [0, 0.05) is 19.7 Å². The molecule has 15 heavy (non-hydrogen) atoms. The Kier molecular flexibility index (Phi) is 6.22. The van der Waals surface area contributed by atoms with Crippen LogP contribution in [-0.4, -0.2) is 38.5 Å². The Balaban J connectivity index is 2.15. The van der Waals surface area contributed by atoms with Gasteiger partial charge in [0.05, 0.1) is 18.8 Å². The van der Waals surface area contributed by atoms with Crippen LogP contribution in [0.3, 0.4) is 0 Å². The van der Waals surface area contributed by atoms with Crippen LogP contribution in [0.1, 0.15) is 39.5 Å². The maximum Gasteiger partial charge on any atom is 0.0704 e. The van der Waals surface area contributed by atoms with Crippen LogP contribution in [0, 0.1) is 0 Å². The van der Waals surface area contributed by atoms with E-state index >= 15 is 0 Å². The molecule has 0 aromatic heterocycles. The standard InChI is InChI=1S/C12H25NO2/c1-4-5-11(9-14-3)13-8-12-7-6-10(2)15-12/h10-13H,4-9H2,1-3H3. The van der Waals surface area contributed by atoms with E-state index in [0.717, 1.165) is 13.2 Å². The van der Waals surface area contributed by atoms with E-state index in [-0.39, 0.29) is 0 Å². The van der Waals surface area contributed by atoms with Crippen molar-refractivity contribution in [1.82, 2.24) is 5.32 Å². The Morgan fingerprint density at radius 1 is 1.47 bits per heavy atom. The first-order valence-corrected chi connectivity index (χ1v) is 6.14. The molecule has 3 nitrogen and oxygen atoms in total. The number of ether oxygens (including phenoxy) is 2. The molecule has 1 aliphatic heterocycles. The minimum Gasteiger partial charge on any atom is -0.383 e. The fourth-order valence-corrected chi connectivity index (χ4v) is 2.13. The summed E-state index contributed by atoms with van der Waals surface area (Å²) >= 11 is 0. The molecule has 0 bridgehead atoms. The van der Waals surface area contributed by atoms with Crippen molar-refractivity contribution in [2.45, 2.75) is 57.8 Å². The van der Waals surface area contributed by atoms with Crippen molar-refractivity contribution in [2.75, 3.05) is 20.3 Å². The van der Waals surface area contributed by atoms with Gasteiger partial charge < -0.3 is 14.8 Å². The highest BCUT2D eigenvalue weighted by molar-refractivity contribution is 4.75. The Morgan fingerprint density at radius 3 is 2.80 bits per heavy atom. The van der Waals surface area contributed by atoms with Crippen molar-refractivity contribution < 1.29 is 9.47 Å². The quantitative estimate of drug-likeness (QED) is 0.704. The molecule has 90 valence electrons. The zero-order valence-corrected chi connectivity index (χ0v) is 10.3. The Labute approximate surface area is 93.5 Å². The zero-order valence-electron chi connectivity index (χ0n) is 10.3. The average Bonchev–Trinajstić information content (AvgIpc) is 2.61. The zero-order chi connectivity index (χ0) is 11.1. The van der Waals surface area contributed by atoms with Gasteiger partial charge in [0.15, 0.2) is 0 Å². The molecule has 0 saturated carbocycles. The fourth-order valence-electron chi connectivity index (χ4n) is 2.13. The molecule has 1 rings (SSSR count). The van der Waals surface area contributed by atoms with Gasteiger partial charge in [-0.3, -0.25) is 0 Å². The van der Waals surface area contributed by atoms with Crippen LogP contribution in [-0.2, 0) is 9.47 Å². The molecule has 3 unspecified atom stereocenters. The van der Waals surface area contributed by atoms with Gasteiger partial charge in [-0.05, 0) is 26.2 Å². The van der Waals surface area contributed by atoms with Gasteiger partial charge in [-0.25, -0.2) is 0 Å². The smallest absolute Gasteiger partial charge is 0.0704 e. The largest absolute Gasteiger partial charge is 0.383 e. The summed E-state index contributed by atoms with van der Waals surface area (Å²) in [5.41, 5.74) is 0. The third-order valence-electron chi connectivity index (χ3n) is 2.96. The number of rotatable bonds is 7. The second-order valence-electron chi connectivity index (χ2n) is 4.50. The predicted octanol–water partition coefficient (Wildman–Crippen LogP) is 1.96. The molecule has 1 saturated heterocycles. The van der Waals surface area contributed by atoms with Crippen molar-refractivity contribution in [3.05, 3.63) is 0 Å². The van der Waals surface area contributed by atoms with E-state index in [9.17, 15) is 0 Å². The minimum absolute atomic E-state index is 0.413. The maximum absolute atomic E-state index is 5.76. The first-order chi connectivity index (χ1) is 7.26. The summed E-state index contributed by atoms with van der Waals surface area (Å²) in [7, 11) is 1.76. The lowest BCUT2D eigenvalue weighted by molar-refractivity contribution is 0.0511. The lowest BCUT2D eigenvalue weighted by atomic mass is 10.1. The first-order valence-electron chi connectivity index (χ1n) is 6.14. The van der Waals surface area contributed by atoms with Crippen molar-refractivity contribution in [2.24, 2.45) is 0 Å². The van der Waals surface area contributed by atoms with Gasteiger partial charge in [0.1, 0.15) is 0 Å². The molecular weight excluding hydrogens is 190 g/mol. The Bertz CT molecular complexity index is 158. The van der Waals surface area contributed by atoms with E-state index in [2.05, 4.69) is 19.2 Å². The summed E-state index contributed by atoms with van der Waals surface area (Å²) in [6.07, 6.45) is 5.63. The monoisotopic (exact) mass is 215 g/mol. The highest BCUT2D eigenvalue weighted by Gasteiger charge is 2.22.